The molecule has 0 aliphatic heterocycles. The maximum absolute atomic E-state index is 11.6. The molecule has 6 heteroatoms. The van der Waals surface area contributed by atoms with Crippen molar-refractivity contribution in [2.24, 2.45) is 0 Å². The first-order valence-corrected chi connectivity index (χ1v) is 7.51. The van der Waals surface area contributed by atoms with Gasteiger partial charge in [0.25, 0.3) is 0 Å². The minimum absolute atomic E-state index is 0.208. The van der Waals surface area contributed by atoms with Crippen molar-refractivity contribution in [3.63, 3.8) is 0 Å². The Bertz CT molecular complexity index is 505. The molecular weight excluding hydrogens is 330 g/mol. The summed E-state index contributed by atoms with van der Waals surface area (Å²) in [6, 6.07) is 3.16. The summed E-state index contributed by atoms with van der Waals surface area (Å²) in [6.45, 7) is 5.41. The Kier molecular flexibility index (Phi) is 5.87. The molecule has 0 bridgehead atoms. The van der Waals surface area contributed by atoms with E-state index in [0.29, 0.717) is 0 Å². The van der Waals surface area contributed by atoms with E-state index in [1.54, 1.807) is 0 Å². The van der Waals surface area contributed by atoms with Crippen molar-refractivity contribution in [1.29, 1.82) is 0 Å². The summed E-state index contributed by atoms with van der Waals surface area (Å²) in [7, 11) is 0. The quantitative estimate of drug-likeness (QED) is 0.805. The Labute approximate surface area is 125 Å². The summed E-state index contributed by atoms with van der Waals surface area (Å²) in [6.07, 6.45) is 0. The summed E-state index contributed by atoms with van der Waals surface area (Å²) in [5.74, 6) is -1.10. The van der Waals surface area contributed by atoms with Crippen molar-refractivity contribution in [3.8, 4) is 0 Å². The Hall–Kier alpha value is -1.01. The fraction of sp³-hybridized carbons (Fsp3) is 0.385. The SMILES string of the molecule is Cc1cc(SCC(=O)N[C@H](C)C(=O)O)c(C)cc1Br. The lowest BCUT2D eigenvalue weighted by Crippen LogP contribution is -2.39. The highest BCUT2D eigenvalue weighted by atomic mass is 79.9. The molecule has 4 nitrogen and oxygen atoms in total. The van der Waals surface area contributed by atoms with Crippen LogP contribution in [0.2, 0.25) is 0 Å². The van der Waals surface area contributed by atoms with Gasteiger partial charge in [-0.15, -0.1) is 11.8 Å². The highest BCUT2D eigenvalue weighted by Gasteiger charge is 2.14. The van der Waals surface area contributed by atoms with Crippen LogP contribution in [-0.4, -0.2) is 28.8 Å². The third-order valence-electron chi connectivity index (χ3n) is 2.56. The zero-order valence-corrected chi connectivity index (χ0v) is 13.4. The van der Waals surface area contributed by atoms with E-state index in [2.05, 4.69) is 21.2 Å². The van der Waals surface area contributed by atoms with Gasteiger partial charge in [0.1, 0.15) is 6.04 Å². The van der Waals surface area contributed by atoms with E-state index < -0.39 is 12.0 Å². The van der Waals surface area contributed by atoms with Crippen molar-refractivity contribution in [1.82, 2.24) is 5.32 Å². The van der Waals surface area contributed by atoms with Gasteiger partial charge >= 0.3 is 5.97 Å². The van der Waals surface area contributed by atoms with Crippen LogP contribution >= 0.6 is 27.7 Å². The van der Waals surface area contributed by atoms with E-state index in [9.17, 15) is 9.59 Å². The van der Waals surface area contributed by atoms with Gasteiger partial charge in [0.15, 0.2) is 0 Å². The number of carbonyl (C=O) groups is 2. The number of hydrogen-bond acceptors (Lipinski definition) is 3. The molecule has 1 rings (SSSR count). The zero-order valence-electron chi connectivity index (χ0n) is 11.0. The van der Waals surface area contributed by atoms with Crippen LogP contribution in [-0.2, 0) is 9.59 Å². The zero-order chi connectivity index (χ0) is 14.6. The predicted octanol–water partition coefficient (Wildman–Crippen LogP) is 2.75. The molecule has 104 valence electrons. The molecule has 1 amide bonds. The van der Waals surface area contributed by atoms with E-state index in [4.69, 9.17) is 5.11 Å². The van der Waals surface area contributed by atoms with Crippen molar-refractivity contribution < 1.29 is 14.7 Å². The van der Waals surface area contributed by atoms with Crippen LogP contribution in [0.15, 0.2) is 21.5 Å². The van der Waals surface area contributed by atoms with Crippen LogP contribution in [0.1, 0.15) is 18.1 Å². The summed E-state index contributed by atoms with van der Waals surface area (Å²) in [4.78, 5) is 23.2. The van der Waals surface area contributed by atoms with Crippen molar-refractivity contribution in [3.05, 3.63) is 27.7 Å². The van der Waals surface area contributed by atoms with E-state index in [0.717, 1.165) is 20.5 Å². The lowest BCUT2D eigenvalue weighted by molar-refractivity contribution is -0.140. The Morgan fingerprint density at radius 1 is 1.37 bits per heavy atom. The molecule has 0 aliphatic carbocycles. The first-order valence-electron chi connectivity index (χ1n) is 5.73. The monoisotopic (exact) mass is 345 g/mol. The number of nitrogens with one attached hydrogen (secondary N) is 1. The first-order chi connectivity index (χ1) is 8.81. The molecule has 0 unspecified atom stereocenters. The highest BCUT2D eigenvalue weighted by Crippen LogP contribution is 2.28. The third-order valence-corrected chi connectivity index (χ3v) is 4.57. The lowest BCUT2D eigenvalue weighted by Gasteiger charge is -2.11. The second kappa shape index (κ2) is 6.96. The molecule has 0 spiro atoms. The molecule has 0 saturated carbocycles. The molecule has 0 fully saturated rings. The van der Waals surface area contributed by atoms with Gasteiger partial charge in [-0.1, -0.05) is 15.9 Å². The number of carboxylic acid groups (broad SMARTS) is 1. The molecule has 0 heterocycles. The normalized spacial score (nSPS) is 12.0. The molecule has 0 aliphatic rings. The molecule has 0 saturated heterocycles. The van der Waals surface area contributed by atoms with Crippen LogP contribution in [0.4, 0.5) is 0 Å². The largest absolute Gasteiger partial charge is 0.480 e. The van der Waals surface area contributed by atoms with Gasteiger partial charge < -0.3 is 10.4 Å². The van der Waals surface area contributed by atoms with Crippen molar-refractivity contribution >= 4 is 39.6 Å². The number of aryl methyl sites for hydroxylation is 2. The number of amides is 1. The van der Waals surface area contributed by atoms with Gasteiger partial charge in [0, 0.05) is 9.37 Å². The summed E-state index contributed by atoms with van der Waals surface area (Å²) < 4.78 is 1.04. The number of aliphatic carboxylic acids is 1. The fourth-order valence-corrected chi connectivity index (χ4v) is 2.77. The first kappa shape index (κ1) is 16.0. The minimum atomic E-state index is -1.03. The number of halogens is 1. The Morgan fingerprint density at radius 2 is 2.00 bits per heavy atom. The van der Waals surface area contributed by atoms with Crippen LogP contribution in [0, 0.1) is 13.8 Å². The van der Waals surface area contributed by atoms with Gasteiger partial charge in [-0.25, -0.2) is 0 Å². The Balaban J connectivity index is 2.60. The van der Waals surface area contributed by atoms with Gasteiger partial charge in [-0.05, 0) is 44.0 Å². The third kappa shape index (κ3) is 4.87. The number of thioether (sulfide) groups is 1. The average molecular weight is 346 g/mol. The molecule has 1 aromatic rings. The lowest BCUT2D eigenvalue weighted by atomic mass is 10.2. The Morgan fingerprint density at radius 3 is 2.58 bits per heavy atom. The molecule has 2 N–H and O–H groups in total. The summed E-state index contributed by atoms with van der Waals surface area (Å²) in [5, 5.41) is 11.1. The second-order valence-electron chi connectivity index (χ2n) is 4.28. The highest BCUT2D eigenvalue weighted by molar-refractivity contribution is 9.10. The van der Waals surface area contributed by atoms with Crippen molar-refractivity contribution in [2.45, 2.75) is 31.7 Å². The molecule has 0 aromatic heterocycles. The topological polar surface area (TPSA) is 66.4 Å². The summed E-state index contributed by atoms with van der Waals surface area (Å²) in [5.41, 5.74) is 2.19. The van der Waals surface area contributed by atoms with Crippen LogP contribution in [0.5, 0.6) is 0 Å². The number of hydrogen-bond donors (Lipinski definition) is 2. The van der Waals surface area contributed by atoms with Crippen LogP contribution < -0.4 is 5.32 Å². The number of carboxylic acids is 1. The van der Waals surface area contributed by atoms with E-state index in [1.807, 2.05) is 26.0 Å². The minimum Gasteiger partial charge on any atom is -0.480 e. The average Bonchev–Trinajstić information content (AvgIpc) is 2.32. The van der Waals surface area contributed by atoms with Crippen LogP contribution in [0.25, 0.3) is 0 Å². The smallest absolute Gasteiger partial charge is 0.325 e. The second-order valence-corrected chi connectivity index (χ2v) is 6.15. The van der Waals surface area contributed by atoms with Gasteiger partial charge in [0.05, 0.1) is 5.75 Å². The van der Waals surface area contributed by atoms with Crippen molar-refractivity contribution in [2.75, 3.05) is 5.75 Å². The van der Waals surface area contributed by atoms with Gasteiger partial charge in [-0.3, -0.25) is 9.59 Å². The summed E-state index contributed by atoms with van der Waals surface area (Å²) >= 11 is 4.86. The van der Waals surface area contributed by atoms with Gasteiger partial charge in [0.2, 0.25) is 5.91 Å². The molecule has 1 atom stereocenters. The number of rotatable bonds is 5. The molecule has 1 aromatic carbocycles. The van der Waals surface area contributed by atoms with Crippen LogP contribution in [0.3, 0.4) is 0 Å². The maximum atomic E-state index is 11.6. The predicted molar refractivity (Wildman–Crippen MR) is 79.6 cm³/mol. The van der Waals surface area contributed by atoms with E-state index in [1.165, 1.54) is 18.7 Å². The molecule has 0 radical (unpaired) electrons. The standard InChI is InChI=1S/C13H16BrNO3S/c1-7-5-11(8(2)4-10(7)14)19-6-12(16)15-9(3)13(17)18/h4-5,9H,6H2,1-3H3,(H,15,16)(H,17,18)/t9-/m1/s1. The number of benzene rings is 1. The molecular formula is C13H16BrNO3S. The molecule has 19 heavy (non-hydrogen) atoms. The number of carbonyl (C=O) groups excluding carboxylic acids is 1. The van der Waals surface area contributed by atoms with Gasteiger partial charge in [-0.2, -0.15) is 0 Å². The fourth-order valence-electron chi connectivity index (χ4n) is 1.40. The van der Waals surface area contributed by atoms with E-state index in [-0.39, 0.29) is 11.7 Å². The maximum Gasteiger partial charge on any atom is 0.325 e. The van der Waals surface area contributed by atoms with E-state index >= 15 is 0 Å².